The first kappa shape index (κ1) is 18.0. The summed E-state index contributed by atoms with van der Waals surface area (Å²) in [6.07, 6.45) is 6.92. The topological polar surface area (TPSA) is 65.4 Å². The lowest BCUT2D eigenvalue weighted by Gasteiger charge is -2.22. The molecule has 1 aromatic carbocycles. The monoisotopic (exact) mass is 383 g/mol. The number of hydrogen-bond acceptors (Lipinski definition) is 4. The van der Waals surface area contributed by atoms with Gasteiger partial charge in [0, 0.05) is 17.8 Å². The molecule has 2 heterocycles. The van der Waals surface area contributed by atoms with Crippen molar-refractivity contribution < 1.29 is 14.3 Å². The van der Waals surface area contributed by atoms with Gasteiger partial charge in [-0.05, 0) is 37.5 Å². The van der Waals surface area contributed by atoms with Gasteiger partial charge < -0.3 is 14.8 Å². The van der Waals surface area contributed by atoms with Crippen LogP contribution in [0.15, 0.2) is 30.6 Å². The molecule has 1 amide bonds. The smallest absolute Gasteiger partial charge is 0.262 e. The van der Waals surface area contributed by atoms with Crippen LogP contribution in [-0.2, 0) is 16.1 Å². The zero-order chi connectivity index (χ0) is 17.6. The minimum atomic E-state index is -0.292. The fourth-order valence-corrected chi connectivity index (χ4v) is 3.08. The van der Waals surface area contributed by atoms with Crippen LogP contribution in [0.3, 0.4) is 0 Å². The van der Waals surface area contributed by atoms with E-state index >= 15 is 0 Å². The summed E-state index contributed by atoms with van der Waals surface area (Å²) in [6.45, 7) is 1.34. The summed E-state index contributed by atoms with van der Waals surface area (Å²) < 4.78 is 12.9. The van der Waals surface area contributed by atoms with Gasteiger partial charge in [0.1, 0.15) is 5.75 Å². The first-order valence-electron chi connectivity index (χ1n) is 8.12. The number of halogens is 2. The zero-order valence-corrected chi connectivity index (χ0v) is 15.1. The van der Waals surface area contributed by atoms with Crippen molar-refractivity contribution in [3.8, 4) is 5.75 Å². The van der Waals surface area contributed by atoms with Gasteiger partial charge in [-0.25, -0.2) is 0 Å². The molecule has 1 aliphatic heterocycles. The van der Waals surface area contributed by atoms with Gasteiger partial charge >= 0.3 is 0 Å². The highest BCUT2D eigenvalue weighted by Gasteiger charge is 2.15. The van der Waals surface area contributed by atoms with Gasteiger partial charge in [0.15, 0.2) is 6.61 Å². The second kappa shape index (κ2) is 8.56. The van der Waals surface area contributed by atoms with E-state index in [1.54, 1.807) is 35.3 Å². The van der Waals surface area contributed by atoms with E-state index in [4.69, 9.17) is 32.7 Å². The maximum absolute atomic E-state index is 12.0. The van der Waals surface area contributed by atoms with Gasteiger partial charge in [0.05, 0.1) is 29.6 Å². The summed E-state index contributed by atoms with van der Waals surface area (Å²) in [5.41, 5.74) is 0.617. The van der Waals surface area contributed by atoms with Crippen LogP contribution in [0.25, 0.3) is 0 Å². The van der Waals surface area contributed by atoms with Crippen LogP contribution >= 0.6 is 23.2 Å². The maximum atomic E-state index is 12.0. The van der Waals surface area contributed by atoms with Crippen LogP contribution in [0, 0.1) is 0 Å². The quantitative estimate of drug-likeness (QED) is 0.824. The third kappa shape index (κ3) is 5.36. The molecule has 0 radical (unpaired) electrons. The van der Waals surface area contributed by atoms with Gasteiger partial charge in [0.25, 0.3) is 5.91 Å². The molecule has 1 aromatic heterocycles. The molecule has 0 saturated carbocycles. The average molecular weight is 384 g/mol. The normalized spacial score (nSPS) is 17.3. The van der Waals surface area contributed by atoms with E-state index in [2.05, 4.69) is 10.4 Å². The Bertz CT molecular complexity index is 730. The fourth-order valence-electron chi connectivity index (χ4n) is 2.62. The lowest BCUT2D eigenvalue weighted by atomic mass is 10.1. The average Bonchev–Trinajstić information content (AvgIpc) is 3.02. The van der Waals surface area contributed by atoms with Crippen LogP contribution < -0.4 is 10.1 Å². The van der Waals surface area contributed by atoms with Crippen LogP contribution in [0.4, 0.5) is 5.69 Å². The zero-order valence-electron chi connectivity index (χ0n) is 13.6. The van der Waals surface area contributed by atoms with Crippen LogP contribution in [0.1, 0.15) is 19.3 Å². The summed E-state index contributed by atoms with van der Waals surface area (Å²) in [7, 11) is 0. The van der Waals surface area contributed by atoms with Crippen molar-refractivity contribution in [2.75, 3.05) is 18.5 Å². The number of amides is 1. The molecule has 3 rings (SSSR count). The maximum Gasteiger partial charge on any atom is 0.262 e. The Hall–Kier alpha value is -1.76. The van der Waals surface area contributed by atoms with E-state index in [0.29, 0.717) is 28.0 Å². The summed E-state index contributed by atoms with van der Waals surface area (Å²) in [6, 6.07) is 4.84. The second-order valence-corrected chi connectivity index (χ2v) is 6.69. The Kier molecular flexibility index (Phi) is 6.18. The van der Waals surface area contributed by atoms with E-state index in [1.165, 1.54) is 6.42 Å². The third-order valence-corrected chi connectivity index (χ3v) is 4.36. The van der Waals surface area contributed by atoms with Crippen LogP contribution in [-0.4, -0.2) is 35.0 Å². The van der Waals surface area contributed by atoms with Crippen molar-refractivity contribution in [2.45, 2.75) is 31.9 Å². The van der Waals surface area contributed by atoms with Crippen molar-refractivity contribution in [2.24, 2.45) is 0 Å². The lowest BCUT2D eigenvalue weighted by molar-refractivity contribution is -0.118. The Morgan fingerprint density at radius 1 is 1.40 bits per heavy atom. The van der Waals surface area contributed by atoms with E-state index in [0.717, 1.165) is 19.4 Å². The predicted octanol–water partition coefficient (Wildman–Crippen LogP) is 3.78. The molecule has 1 aliphatic rings. The molecule has 1 atom stereocenters. The molecule has 0 bridgehead atoms. The first-order chi connectivity index (χ1) is 12.1. The number of nitrogens with one attached hydrogen (secondary N) is 1. The molecular formula is C17H19Cl2N3O3. The van der Waals surface area contributed by atoms with Crippen molar-refractivity contribution in [1.82, 2.24) is 9.78 Å². The molecule has 8 heteroatoms. The van der Waals surface area contributed by atoms with Crippen molar-refractivity contribution in [1.29, 1.82) is 0 Å². The second-order valence-electron chi connectivity index (χ2n) is 5.85. The van der Waals surface area contributed by atoms with E-state index in [9.17, 15) is 4.79 Å². The third-order valence-electron chi connectivity index (χ3n) is 3.83. The largest absolute Gasteiger partial charge is 0.482 e. The Morgan fingerprint density at radius 3 is 3.04 bits per heavy atom. The van der Waals surface area contributed by atoms with Gasteiger partial charge in [0.2, 0.25) is 0 Å². The molecule has 25 heavy (non-hydrogen) atoms. The van der Waals surface area contributed by atoms with E-state index < -0.39 is 0 Å². The molecule has 0 aliphatic carbocycles. The van der Waals surface area contributed by atoms with Gasteiger partial charge in [-0.3, -0.25) is 9.48 Å². The van der Waals surface area contributed by atoms with Crippen molar-refractivity contribution in [3.63, 3.8) is 0 Å². The molecule has 1 N–H and O–H groups in total. The SMILES string of the molecule is O=C(COc1ccc(Cl)cc1Cl)Nc1cnn(CC2CCCCO2)c1. The van der Waals surface area contributed by atoms with Crippen LogP contribution in [0.2, 0.25) is 10.0 Å². The van der Waals surface area contributed by atoms with Crippen molar-refractivity contribution in [3.05, 3.63) is 40.6 Å². The summed E-state index contributed by atoms with van der Waals surface area (Å²) in [5, 5.41) is 7.87. The highest BCUT2D eigenvalue weighted by Crippen LogP contribution is 2.27. The minimum Gasteiger partial charge on any atom is -0.482 e. The number of carbonyl (C=O) groups excluding carboxylic acids is 1. The molecule has 1 unspecified atom stereocenters. The first-order valence-corrected chi connectivity index (χ1v) is 8.87. The van der Waals surface area contributed by atoms with E-state index in [1.807, 2.05) is 0 Å². The predicted molar refractivity (Wildman–Crippen MR) is 96.4 cm³/mol. The summed E-state index contributed by atoms with van der Waals surface area (Å²) in [5.74, 6) is 0.117. The highest BCUT2D eigenvalue weighted by molar-refractivity contribution is 6.35. The number of ether oxygens (including phenoxy) is 2. The lowest BCUT2D eigenvalue weighted by Crippen LogP contribution is -2.24. The van der Waals surface area contributed by atoms with Gasteiger partial charge in [-0.15, -0.1) is 0 Å². The summed E-state index contributed by atoms with van der Waals surface area (Å²) >= 11 is 11.8. The minimum absolute atomic E-state index is 0.154. The number of hydrogen-bond donors (Lipinski definition) is 1. The van der Waals surface area contributed by atoms with Gasteiger partial charge in [-0.1, -0.05) is 23.2 Å². The number of carbonyl (C=O) groups is 1. The number of benzene rings is 1. The Labute approximate surface area is 156 Å². The number of anilines is 1. The summed E-state index contributed by atoms with van der Waals surface area (Å²) in [4.78, 5) is 12.0. The van der Waals surface area contributed by atoms with Gasteiger partial charge in [-0.2, -0.15) is 5.10 Å². The molecule has 0 spiro atoms. The molecule has 2 aromatic rings. The fraction of sp³-hybridized carbons (Fsp3) is 0.412. The molecule has 6 nitrogen and oxygen atoms in total. The number of rotatable bonds is 6. The van der Waals surface area contributed by atoms with Crippen molar-refractivity contribution >= 4 is 34.8 Å². The number of nitrogens with zero attached hydrogens (tertiary/aromatic N) is 2. The Morgan fingerprint density at radius 2 is 2.28 bits per heavy atom. The molecule has 134 valence electrons. The highest BCUT2D eigenvalue weighted by atomic mass is 35.5. The van der Waals surface area contributed by atoms with Crippen LogP contribution in [0.5, 0.6) is 5.75 Å². The number of aromatic nitrogens is 2. The molecular weight excluding hydrogens is 365 g/mol. The molecule has 1 saturated heterocycles. The standard InChI is InChI=1S/C17H19Cl2N3O3/c18-12-4-5-16(15(19)7-12)25-11-17(23)21-13-8-20-22(9-13)10-14-3-1-2-6-24-14/h4-5,7-9,14H,1-3,6,10-11H2,(H,21,23). The van der Waals surface area contributed by atoms with E-state index in [-0.39, 0.29) is 18.6 Å². The molecule has 1 fully saturated rings. The Balaban J connectivity index is 1.47.